The number of primary amides is 1. The van der Waals surface area contributed by atoms with Gasteiger partial charge in [-0.1, -0.05) is 0 Å². The third-order valence-corrected chi connectivity index (χ3v) is 5.28. The highest BCUT2D eigenvalue weighted by molar-refractivity contribution is 7.89. The first kappa shape index (κ1) is 21.3. The Balaban J connectivity index is 2.18. The average molecular weight is 427 g/mol. The lowest BCUT2D eigenvalue weighted by Crippen LogP contribution is -2.30. The van der Waals surface area contributed by atoms with Gasteiger partial charge < -0.3 is 20.5 Å². The second-order valence-electron chi connectivity index (χ2n) is 5.47. The van der Waals surface area contributed by atoms with Crippen LogP contribution in [0.2, 0.25) is 0 Å². The van der Waals surface area contributed by atoms with Crippen LogP contribution in [-0.4, -0.2) is 39.4 Å². The maximum atomic E-state index is 12.4. The molecule has 28 heavy (non-hydrogen) atoms. The van der Waals surface area contributed by atoms with E-state index in [0.717, 1.165) is 17.4 Å². The molecule has 2 amide bonds. The molecule has 1 unspecified atom stereocenters. The number of nitrogens with one attached hydrogen (secondary N) is 1. The Hall–Kier alpha value is -2.96. The number of thiophene rings is 1. The Labute approximate surface area is 164 Å². The number of rotatable bonds is 7. The van der Waals surface area contributed by atoms with Crippen LogP contribution in [0.5, 0.6) is 5.75 Å². The number of benzene rings is 1. The minimum absolute atomic E-state index is 0.0410. The number of nitrogens with two attached hydrogens (primary N) is 2. The normalized spacial score (nSPS) is 12.1. The standard InChI is InChI=1S/C16H17N3O7S2/c1-8(14(21)19-15-10(13(17)20)5-6-27-15)26-16(22)11-7-9(28(18,23)24)3-4-12(11)25-2/h3-8H,1-2H3,(H2,17,20)(H,19,21)(H2,18,23,24). The number of hydrogen-bond acceptors (Lipinski definition) is 8. The molecule has 1 atom stereocenters. The molecule has 150 valence electrons. The van der Waals surface area contributed by atoms with E-state index in [2.05, 4.69) is 5.32 Å². The summed E-state index contributed by atoms with van der Waals surface area (Å²) in [6, 6.07) is 4.85. The minimum Gasteiger partial charge on any atom is -0.496 e. The second-order valence-corrected chi connectivity index (χ2v) is 7.95. The molecule has 2 aromatic rings. The predicted octanol–water partition coefficient (Wildman–Crippen LogP) is 0.687. The van der Waals surface area contributed by atoms with Gasteiger partial charge in [0.15, 0.2) is 6.10 Å². The summed E-state index contributed by atoms with van der Waals surface area (Å²) in [7, 11) is -2.78. The Kier molecular flexibility index (Phi) is 6.38. The molecule has 0 radical (unpaired) electrons. The van der Waals surface area contributed by atoms with Crippen molar-refractivity contribution in [1.82, 2.24) is 0 Å². The van der Waals surface area contributed by atoms with Crippen LogP contribution in [0.25, 0.3) is 0 Å². The molecule has 12 heteroatoms. The van der Waals surface area contributed by atoms with E-state index in [1.807, 2.05) is 0 Å². The molecule has 0 bridgehead atoms. The van der Waals surface area contributed by atoms with Crippen LogP contribution in [0.4, 0.5) is 5.00 Å². The molecule has 0 aliphatic carbocycles. The lowest BCUT2D eigenvalue weighted by molar-refractivity contribution is -0.123. The summed E-state index contributed by atoms with van der Waals surface area (Å²) in [6.45, 7) is 1.31. The van der Waals surface area contributed by atoms with Crippen molar-refractivity contribution in [3.63, 3.8) is 0 Å². The van der Waals surface area contributed by atoms with Gasteiger partial charge in [0.2, 0.25) is 10.0 Å². The molecule has 10 nitrogen and oxygen atoms in total. The van der Waals surface area contributed by atoms with E-state index in [1.165, 1.54) is 32.2 Å². The number of carbonyl (C=O) groups is 3. The van der Waals surface area contributed by atoms with Gasteiger partial charge in [-0.25, -0.2) is 18.4 Å². The Morgan fingerprint density at radius 3 is 2.43 bits per heavy atom. The molecule has 0 spiro atoms. The summed E-state index contributed by atoms with van der Waals surface area (Å²) in [5, 5.41) is 9.29. The van der Waals surface area contributed by atoms with Gasteiger partial charge in [-0.15, -0.1) is 11.3 Å². The molecule has 1 aromatic heterocycles. The van der Waals surface area contributed by atoms with Crippen LogP contribution in [0, 0.1) is 0 Å². The van der Waals surface area contributed by atoms with Crippen molar-refractivity contribution in [2.45, 2.75) is 17.9 Å². The lowest BCUT2D eigenvalue weighted by Gasteiger charge is -2.15. The van der Waals surface area contributed by atoms with Gasteiger partial charge >= 0.3 is 5.97 Å². The van der Waals surface area contributed by atoms with Gasteiger partial charge in [0.25, 0.3) is 11.8 Å². The highest BCUT2D eigenvalue weighted by Gasteiger charge is 2.24. The van der Waals surface area contributed by atoms with Crippen LogP contribution in [0.3, 0.4) is 0 Å². The fourth-order valence-corrected chi connectivity index (χ4v) is 3.45. The quantitative estimate of drug-likeness (QED) is 0.546. The van der Waals surface area contributed by atoms with Gasteiger partial charge in [-0.05, 0) is 36.6 Å². The third kappa shape index (κ3) is 4.85. The fraction of sp³-hybridized carbons (Fsp3) is 0.188. The molecular weight excluding hydrogens is 410 g/mol. The molecule has 0 saturated carbocycles. The molecule has 2 rings (SSSR count). The molecule has 0 aliphatic rings. The van der Waals surface area contributed by atoms with Crippen LogP contribution in [-0.2, 0) is 19.6 Å². The third-order valence-electron chi connectivity index (χ3n) is 3.54. The smallest absolute Gasteiger partial charge is 0.342 e. The van der Waals surface area contributed by atoms with Crippen LogP contribution in [0.15, 0.2) is 34.5 Å². The zero-order valence-electron chi connectivity index (χ0n) is 14.8. The van der Waals surface area contributed by atoms with Crippen molar-refractivity contribution < 1.29 is 32.3 Å². The number of primary sulfonamides is 1. The zero-order chi connectivity index (χ0) is 21.1. The van der Waals surface area contributed by atoms with Crippen LogP contribution >= 0.6 is 11.3 Å². The largest absolute Gasteiger partial charge is 0.496 e. The first-order valence-corrected chi connectivity index (χ1v) is 10.1. The number of amides is 2. The zero-order valence-corrected chi connectivity index (χ0v) is 16.4. The number of hydrogen-bond donors (Lipinski definition) is 3. The monoisotopic (exact) mass is 427 g/mol. The van der Waals surface area contributed by atoms with Gasteiger partial charge in [-0.2, -0.15) is 0 Å². The van der Waals surface area contributed by atoms with Gasteiger partial charge in [-0.3, -0.25) is 9.59 Å². The second kappa shape index (κ2) is 8.37. The van der Waals surface area contributed by atoms with Gasteiger partial charge in [0.1, 0.15) is 16.3 Å². The van der Waals surface area contributed by atoms with Crippen molar-refractivity contribution in [3.05, 3.63) is 40.8 Å². The molecular formula is C16H17N3O7S2. The molecule has 0 saturated heterocycles. The number of anilines is 1. The Morgan fingerprint density at radius 1 is 1.18 bits per heavy atom. The van der Waals surface area contributed by atoms with Crippen LogP contribution < -0.4 is 20.9 Å². The summed E-state index contributed by atoms with van der Waals surface area (Å²) in [5.74, 6) is -2.38. The maximum Gasteiger partial charge on any atom is 0.342 e. The predicted molar refractivity (Wildman–Crippen MR) is 101 cm³/mol. The molecule has 5 N–H and O–H groups in total. The Bertz CT molecular complexity index is 1030. The Morgan fingerprint density at radius 2 is 1.86 bits per heavy atom. The van der Waals surface area contributed by atoms with E-state index in [1.54, 1.807) is 5.38 Å². The minimum atomic E-state index is -4.06. The molecule has 1 aromatic carbocycles. The van der Waals surface area contributed by atoms with Crippen molar-refractivity contribution in [1.29, 1.82) is 0 Å². The van der Waals surface area contributed by atoms with E-state index in [-0.39, 0.29) is 26.8 Å². The van der Waals surface area contributed by atoms with Crippen molar-refractivity contribution in [2.24, 2.45) is 10.9 Å². The van der Waals surface area contributed by atoms with E-state index in [4.69, 9.17) is 20.3 Å². The number of esters is 1. The summed E-state index contributed by atoms with van der Waals surface area (Å²) in [6.07, 6.45) is -1.27. The first-order valence-electron chi connectivity index (χ1n) is 7.64. The van der Waals surface area contributed by atoms with Gasteiger partial charge in [0.05, 0.1) is 17.6 Å². The van der Waals surface area contributed by atoms with E-state index in [0.29, 0.717) is 0 Å². The SMILES string of the molecule is COc1ccc(S(N)(=O)=O)cc1C(=O)OC(C)C(=O)Nc1sccc1C(N)=O. The number of sulfonamides is 1. The van der Waals surface area contributed by atoms with E-state index < -0.39 is 33.9 Å². The van der Waals surface area contributed by atoms with Crippen LogP contribution in [0.1, 0.15) is 27.6 Å². The summed E-state index contributed by atoms with van der Waals surface area (Å²) >= 11 is 1.08. The van der Waals surface area contributed by atoms with Crippen molar-refractivity contribution in [2.75, 3.05) is 12.4 Å². The highest BCUT2D eigenvalue weighted by Crippen LogP contribution is 2.25. The highest BCUT2D eigenvalue weighted by atomic mass is 32.2. The summed E-state index contributed by atoms with van der Waals surface area (Å²) in [5.41, 5.74) is 5.11. The fourth-order valence-electron chi connectivity index (χ4n) is 2.11. The maximum absolute atomic E-state index is 12.4. The van der Waals surface area contributed by atoms with Gasteiger partial charge in [0, 0.05) is 0 Å². The number of ether oxygens (including phenoxy) is 2. The lowest BCUT2D eigenvalue weighted by atomic mass is 10.2. The topological polar surface area (TPSA) is 168 Å². The van der Waals surface area contributed by atoms with E-state index in [9.17, 15) is 22.8 Å². The van der Waals surface area contributed by atoms with Crippen molar-refractivity contribution >= 4 is 44.1 Å². The van der Waals surface area contributed by atoms with E-state index >= 15 is 0 Å². The van der Waals surface area contributed by atoms with Crippen molar-refractivity contribution in [3.8, 4) is 5.75 Å². The number of carbonyl (C=O) groups excluding carboxylic acids is 3. The summed E-state index contributed by atoms with van der Waals surface area (Å²) < 4.78 is 33.1. The molecule has 0 aliphatic heterocycles. The molecule has 1 heterocycles. The first-order chi connectivity index (χ1) is 13.0. The molecule has 0 fully saturated rings. The number of methoxy groups -OCH3 is 1. The average Bonchev–Trinajstić information content (AvgIpc) is 3.08. The summed E-state index contributed by atoms with van der Waals surface area (Å²) in [4.78, 5) is 35.6.